The predicted molar refractivity (Wildman–Crippen MR) is 81.7 cm³/mol. The maximum Gasteiger partial charge on any atom is 0.410 e. The van der Waals surface area contributed by atoms with Crippen molar-refractivity contribution in [1.29, 1.82) is 0 Å². The quantitative estimate of drug-likeness (QED) is 0.855. The van der Waals surface area contributed by atoms with Crippen LogP contribution in [0.3, 0.4) is 0 Å². The monoisotopic (exact) mass is 292 g/mol. The summed E-state index contributed by atoms with van der Waals surface area (Å²) >= 11 is 0. The molecule has 2 rings (SSSR count). The van der Waals surface area contributed by atoms with Crippen LogP contribution in [0, 0.1) is 6.92 Å². The highest BCUT2D eigenvalue weighted by Gasteiger charge is 2.28. The molecule has 1 atom stereocenters. The third-order valence-corrected chi connectivity index (χ3v) is 3.19. The van der Waals surface area contributed by atoms with Crippen LogP contribution < -0.4 is 5.73 Å². The standard InChI is InChI=1S/C15H24N4O2/c1-10-6-13(18(5)17-10)11-7-12(16)9-19(8-11)14(20)21-15(2,3)4/h6-7,12H,8-9,16H2,1-5H3. The van der Waals surface area contributed by atoms with Crippen LogP contribution in [0.25, 0.3) is 5.57 Å². The van der Waals surface area contributed by atoms with E-state index in [4.69, 9.17) is 10.5 Å². The van der Waals surface area contributed by atoms with Crippen LogP contribution in [-0.2, 0) is 11.8 Å². The van der Waals surface area contributed by atoms with Gasteiger partial charge in [0, 0.05) is 19.6 Å². The van der Waals surface area contributed by atoms with Gasteiger partial charge in [-0.05, 0) is 39.3 Å². The Balaban J connectivity index is 2.19. The average molecular weight is 292 g/mol. The van der Waals surface area contributed by atoms with Gasteiger partial charge in [-0.15, -0.1) is 0 Å². The van der Waals surface area contributed by atoms with Gasteiger partial charge in [0.15, 0.2) is 0 Å². The first kappa shape index (κ1) is 15.6. The van der Waals surface area contributed by atoms with Crippen molar-refractivity contribution >= 4 is 11.7 Å². The van der Waals surface area contributed by atoms with Crippen molar-refractivity contribution in [2.24, 2.45) is 12.8 Å². The molecule has 0 fully saturated rings. The minimum atomic E-state index is -0.508. The Labute approximate surface area is 125 Å². The molecule has 0 aliphatic carbocycles. The fourth-order valence-corrected chi connectivity index (χ4v) is 2.43. The van der Waals surface area contributed by atoms with Crippen molar-refractivity contribution in [3.63, 3.8) is 0 Å². The predicted octanol–water partition coefficient (Wildman–Crippen LogP) is 1.69. The molecule has 1 aliphatic rings. The lowest BCUT2D eigenvalue weighted by Crippen LogP contribution is -2.46. The lowest BCUT2D eigenvalue weighted by atomic mass is 10.0. The number of hydrogen-bond donors (Lipinski definition) is 1. The fourth-order valence-electron chi connectivity index (χ4n) is 2.43. The van der Waals surface area contributed by atoms with Gasteiger partial charge < -0.3 is 15.4 Å². The van der Waals surface area contributed by atoms with Crippen molar-refractivity contribution in [3.8, 4) is 0 Å². The summed E-state index contributed by atoms with van der Waals surface area (Å²) in [5.74, 6) is 0. The van der Waals surface area contributed by atoms with Gasteiger partial charge in [-0.2, -0.15) is 5.10 Å². The average Bonchev–Trinajstić information content (AvgIpc) is 2.65. The number of aromatic nitrogens is 2. The van der Waals surface area contributed by atoms with Gasteiger partial charge in [-0.1, -0.05) is 6.08 Å². The van der Waals surface area contributed by atoms with Gasteiger partial charge in [-0.3, -0.25) is 4.68 Å². The third kappa shape index (κ3) is 3.85. The molecule has 1 amide bonds. The molecule has 1 aromatic heterocycles. The summed E-state index contributed by atoms with van der Waals surface area (Å²) < 4.78 is 7.24. The van der Waals surface area contributed by atoms with Crippen LogP contribution in [0.1, 0.15) is 32.2 Å². The molecular formula is C15H24N4O2. The molecule has 21 heavy (non-hydrogen) atoms. The summed E-state index contributed by atoms with van der Waals surface area (Å²) in [6, 6.07) is 1.80. The molecule has 0 radical (unpaired) electrons. The molecule has 1 aromatic rings. The molecular weight excluding hydrogens is 268 g/mol. The van der Waals surface area contributed by atoms with Crippen molar-refractivity contribution < 1.29 is 9.53 Å². The highest BCUT2D eigenvalue weighted by Crippen LogP contribution is 2.22. The smallest absolute Gasteiger partial charge is 0.410 e. The minimum Gasteiger partial charge on any atom is -0.444 e. The number of amides is 1. The highest BCUT2D eigenvalue weighted by atomic mass is 16.6. The Bertz CT molecular complexity index is 569. The Kier molecular flexibility index (Phi) is 4.09. The molecule has 6 heteroatoms. The third-order valence-electron chi connectivity index (χ3n) is 3.19. The molecule has 0 saturated carbocycles. The maximum absolute atomic E-state index is 12.2. The molecule has 0 bridgehead atoms. The minimum absolute atomic E-state index is 0.198. The zero-order valence-electron chi connectivity index (χ0n) is 13.4. The SMILES string of the molecule is Cc1cc(C2=CC(N)CN(C(=O)OC(C)(C)C)C2)n(C)n1. The number of carbonyl (C=O) groups excluding carboxylic acids is 1. The van der Waals surface area contributed by atoms with Crippen LogP contribution in [0.5, 0.6) is 0 Å². The van der Waals surface area contributed by atoms with E-state index < -0.39 is 5.60 Å². The van der Waals surface area contributed by atoms with E-state index in [0.717, 1.165) is 17.0 Å². The van der Waals surface area contributed by atoms with Gasteiger partial charge in [-0.25, -0.2) is 4.79 Å². The normalized spacial score (nSPS) is 19.4. The second kappa shape index (κ2) is 5.52. The molecule has 0 saturated heterocycles. The molecule has 116 valence electrons. The maximum atomic E-state index is 12.2. The van der Waals surface area contributed by atoms with Crippen molar-refractivity contribution in [1.82, 2.24) is 14.7 Å². The van der Waals surface area contributed by atoms with E-state index in [1.54, 1.807) is 4.90 Å². The molecule has 1 aliphatic heterocycles. The van der Waals surface area contributed by atoms with E-state index in [9.17, 15) is 4.79 Å². The number of rotatable bonds is 1. The Morgan fingerprint density at radius 1 is 1.48 bits per heavy atom. The molecule has 2 heterocycles. The van der Waals surface area contributed by atoms with Crippen LogP contribution in [0.4, 0.5) is 4.79 Å². The highest BCUT2D eigenvalue weighted by molar-refractivity contribution is 5.75. The first-order valence-electron chi connectivity index (χ1n) is 7.11. The van der Waals surface area contributed by atoms with E-state index in [1.807, 2.05) is 51.6 Å². The second-order valence-corrected chi connectivity index (χ2v) is 6.51. The van der Waals surface area contributed by atoms with Crippen LogP contribution >= 0.6 is 0 Å². The number of aryl methyl sites for hydroxylation is 2. The van der Waals surface area contributed by atoms with Crippen LogP contribution in [0.15, 0.2) is 12.1 Å². The summed E-state index contributed by atoms with van der Waals surface area (Å²) in [7, 11) is 1.89. The van der Waals surface area contributed by atoms with Gasteiger partial charge >= 0.3 is 6.09 Å². The second-order valence-electron chi connectivity index (χ2n) is 6.51. The first-order chi connectivity index (χ1) is 9.65. The van der Waals surface area contributed by atoms with Crippen molar-refractivity contribution in [2.75, 3.05) is 13.1 Å². The van der Waals surface area contributed by atoms with Crippen molar-refractivity contribution in [3.05, 3.63) is 23.5 Å². The number of nitrogens with zero attached hydrogens (tertiary/aromatic N) is 3. The summed E-state index contributed by atoms with van der Waals surface area (Å²) in [6.07, 6.45) is 1.67. The number of nitrogens with two attached hydrogens (primary N) is 1. The van der Waals surface area contributed by atoms with Crippen LogP contribution in [-0.4, -0.2) is 45.5 Å². The summed E-state index contributed by atoms with van der Waals surface area (Å²) in [5, 5.41) is 4.34. The lowest BCUT2D eigenvalue weighted by Gasteiger charge is -2.32. The van der Waals surface area contributed by atoms with E-state index in [0.29, 0.717) is 13.1 Å². The van der Waals surface area contributed by atoms with Crippen LogP contribution in [0.2, 0.25) is 0 Å². The number of ether oxygens (including phenoxy) is 1. The summed E-state index contributed by atoms with van der Waals surface area (Å²) in [5.41, 5.74) is 8.47. The summed E-state index contributed by atoms with van der Waals surface area (Å²) in [4.78, 5) is 13.9. The van der Waals surface area contributed by atoms with Gasteiger partial charge in [0.1, 0.15) is 5.60 Å². The van der Waals surface area contributed by atoms with Gasteiger partial charge in [0.25, 0.3) is 0 Å². The van der Waals surface area contributed by atoms with E-state index in [-0.39, 0.29) is 12.1 Å². The Morgan fingerprint density at radius 2 is 2.14 bits per heavy atom. The topological polar surface area (TPSA) is 73.4 Å². The van der Waals surface area contributed by atoms with E-state index in [2.05, 4.69) is 5.10 Å². The largest absolute Gasteiger partial charge is 0.444 e. The van der Waals surface area contributed by atoms with Gasteiger partial charge in [0.2, 0.25) is 0 Å². The molecule has 2 N–H and O–H groups in total. The zero-order chi connectivity index (χ0) is 15.8. The van der Waals surface area contributed by atoms with Crippen molar-refractivity contribution in [2.45, 2.75) is 39.3 Å². The molecule has 0 aromatic carbocycles. The van der Waals surface area contributed by atoms with Gasteiger partial charge in [0.05, 0.1) is 17.9 Å². The molecule has 0 spiro atoms. The van der Waals surface area contributed by atoms with E-state index in [1.165, 1.54) is 0 Å². The van der Waals surface area contributed by atoms with E-state index >= 15 is 0 Å². The number of hydrogen-bond acceptors (Lipinski definition) is 4. The Hall–Kier alpha value is -1.82. The fraction of sp³-hybridized carbons (Fsp3) is 0.600. The number of carbonyl (C=O) groups is 1. The first-order valence-corrected chi connectivity index (χ1v) is 7.11. The lowest BCUT2D eigenvalue weighted by molar-refractivity contribution is 0.0265. The molecule has 1 unspecified atom stereocenters. The Morgan fingerprint density at radius 3 is 2.67 bits per heavy atom. The zero-order valence-corrected chi connectivity index (χ0v) is 13.4. The summed E-state index contributed by atoms with van der Waals surface area (Å²) in [6.45, 7) is 8.47. The molecule has 6 nitrogen and oxygen atoms in total.